The third-order valence-electron chi connectivity index (χ3n) is 8.77. The van der Waals surface area contributed by atoms with Crippen molar-refractivity contribution in [2.45, 2.75) is 64.1 Å². The summed E-state index contributed by atoms with van der Waals surface area (Å²) in [5.41, 5.74) is 0.895. The van der Waals surface area contributed by atoms with E-state index in [9.17, 15) is 14.4 Å². The number of piperidine rings is 1. The van der Waals surface area contributed by atoms with Gasteiger partial charge in [-0.2, -0.15) is 4.80 Å². The highest BCUT2D eigenvalue weighted by Crippen LogP contribution is 2.42. The Morgan fingerprint density at radius 1 is 0.902 bits per heavy atom. The number of amides is 1. The standard InChI is InChI=1S/C29H40N6O6/c1-4-40-27(36)24-15-23(35-31-26(30-32-35)20-9-7-6-8-10-20)18-33(24)16-19-11-12-21-17-34(29(38)39-3)25(14-22(21)13-19)28(37)41-5-2/h6-10,19,21-25H,4-5,11-18H2,1-3H3. The van der Waals surface area contributed by atoms with E-state index in [0.717, 1.165) is 31.4 Å². The summed E-state index contributed by atoms with van der Waals surface area (Å²) in [6.07, 6.45) is 3.49. The van der Waals surface area contributed by atoms with Crippen LogP contribution in [0, 0.1) is 17.8 Å². The van der Waals surface area contributed by atoms with E-state index < -0.39 is 12.1 Å². The van der Waals surface area contributed by atoms with Crippen molar-refractivity contribution in [3.05, 3.63) is 30.3 Å². The number of rotatable bonds is 8. The molecule has 41 heavy (non-hydrogen) atoms. The minimum Gasteiger partial charge on any atom is -0.465 e. The smallest absolute Gasteiger partial charge is 0.410 e. The first-order chi connectivity index (χ1) is 19.9. The highest BCUT2D eigenvalue weighted by atomic mass is 16.6. The van der Waals surface area contributed by atoms with Crippen LogP contribution < -0.4 is 0 Å². The molecule has 3 aliphatic rings. The minimum atomic E-state index is -0.636. The predicted molar refractivity (Wildman–Crippen MR) is 147 cm³/mol. The fourth-order valence-corrected chi connectivity index (χ4v) is 6.84. The van der Waals surface area contributed by atoms with Crippen molar-refractivity contribution in [1.29, 1.82) is 0 Å². The van der Waals surface area contributed by atoms with Crippen LogP contribution >= 0.6 is 0 Å². The molecule has 2 aromatic rings. The molecule has 0 spiro atoms. The molecule has 1 saturated carbocycles. The lowest BCUT2D eigenvalue weighted by Crippen LogP contribution is -2.55. The molecule has 0 bridgehead atoms. The van der Waals surface area contributed by atoms with E-state index in [1.54, 1.807) is 11.7 Å². The van der Waals surface area contributed by atoms with Crippen LogP contribution in [0.2, 0.25) is 0 Å². The number of nitrogens with zero attached hydrogens (tertiary/aromatic N) is 6. The van der Waals surface area contributed by atoms with Gasteiger partial charge < -0.3 is 14.2 Å². The summed E-state index contributed by atoms with van der Waals surface area (Å²) in [7, 11) is 1.34. The maximum atomic E-state index is 13.0. The molecule has 222 valence electrons. The largest absolute Gasteiger partial charge is 0.465 e. The zero-order valence-corrected chi connectivity index (χ0v) is 24.1. The minimum absolute atomic E-state index is 0.0952. The molecule has 2 saturated heterocycles. The summed E-state index contributed by atoms with van der Waals surface area (Å²) in [5, 5.41) is 13.2. The van der Waals surface area contributed by atoms with Crippen molar-refractivity contribution in [1.82, 2.24) is 30.0 Å². The predicted octanol–water partition coefficient (Wildman–Crippen LogP) is 2.95. The Kier molecular flexibility index (Phi) is 9.16. The first-order valence-electron chi connectivity index (χ1n) is 14.7. The van der Waals surface area contributed by atoms with Gasteiger partial charge in [-0.1, -0.05) is 30.3 Å². The summed E-state index contributed by atoms with van der Waals surface area (Å²) >= 11 is 0. The Morgan fingerprint density at radius 2 is 1.63 bits per heavy atom. The number of benzene rings is 1. The van der Waals surface area contributed by atoms with Crippen molar-refractivity contribution in [3.8, 4) is 11.4 Å². The lowest BCUT2D eigenvalue weighted by atomic mass is 9.69. The molecule has 1 amide bonds. The molecule has 6 unspecified atom stereocenters. The van der Waals surface area contributed by atoms with Crippen LogP contribution in [0.5, 0.6) is 0 Å². The molecule has 0 N–H and O–H groups in total. The van der Waals surface area contributed by atoms with Gasteiger partial charge in [0, 0.05) is 25.2 Å². The van der Waals surface area contributed by atoms with Gasteiger partial charge in [0.2, 0.25) is 5.82 Å². The van der Waals surface area contributed by atoms with Gasteiger partial charge in [-0.15, -0.1) is 10.2 Å². The summed E-state index contributed by atoms with van der Waals surface area (Å²) < 4.78 is 15.7. The first kappa shape index (κ1) is 29.0. The quantitative estimate of drug-likeness (QED) is 0.346. The molecule has 12 heteroatoms. The van der Waals surface area contributed by atoms with Gasteiger partial charge >= 0.3 is 18.0 Å². The normalized spacial score (nSPS) is 28.1. The second kappa shape index (κ2) is 13.0. The second-order valence-corrected chi connectivity index (χ2v) is 11.2. The van der Waals surface area contributed by atoms with Gasteiger partial charge in [-0.05, 0) is 68.9 Å². The topological polar surface area (TPSA) is 129 Å². The lowest BCUT2D eigenvalue weighted by molar-refractivity contribution is -0.153. The lowest BCUT2D eigenvalue weighted by Gasteiger charge is -2.46. The van der Waals surface area contributed by atoms with Crippen LogP contribution in [0.25, 0.3) is 11.4 Å². The van der Waals surface area contributed by atoms with Crippen molar-refractivity contribution in [2.75, 3.05) is 40.0 Å². The molecule has 0 radical (unpaired) electrons. The first-order valence-corrected chi connectivity index (χ1v) is 14.7. The summed E-state index contributed by atoms with van der Waals surface area (Å²) in [5.74, 6) is 0.903. The van der Waals surface area contributed by atoms with Gasteiger partial charge in [0.15, 0.2) is 0 Å². The third kappa shape index (κ3) is 6.37. The number of likely N-dealkylation sites (tertiary alicyclic amines) is 2. The number of hydrogen-bond donors (Lipinski definition) is 0. The van der Waals surface area contributed by atoms with Gasteiger partial charge in [-0.3, -0.25) is 14.6 Å². The van der Waals surface area contributed by atoms with E-state index in [1.807, 2.05) is 37.3 Å². The molecule has 2 aliphatic heterocycles. The van der Waals surface area contributed by atoms with Crippen molar-refractivity contribution in [2.24, 2.45) is 17.8 Å². The number of ether oxygens (including phenoxy) is 3. The number of aromatic nitrogens is 4. The van der Waals surface area contributed by atoms with Crippen LogP contribution in [0.3, 0.4) is 0 Å². The Bertz CT molecular complexity index is 1210. The molecule has 3 fully saturated rings. The maximum absolute atomic E-state index is 13.0. The van der Waals surface area contributed by atoms with Crippen molar-refractivity contribution >= 4 is 18.0 Å². The van der Waals surface area contributed by atoms with Gasteiger partial charge in [0.05, 0.1) is 26.4 Å². The molecule has 6 atom stereocenters. The van der Waals surface area contributed by atoms with Crippen LogP contribution in [-0.4, -0.2) is 100 Å². The highest BCUT2D eigenvalue weighted by Gasteiger charge is 2.46. The van der Waals surface area contributed by atoms with Gasteiger partial charge in [0.25, 0.3) is 0 Å². The molecular formula is C29H40N6O6. The van der Waals surface area contributed by atoms with Gasteiger partial charge in [0.1, 0.15) is 12.1 Å². The number of hydrogen-bond acceptors (Lipinski definition) is 10. The zero-order chi connectivity index (χ0) is 28.9. The SMILES string of the molecule is CCOC(=O)C1CC(n2nnc(-c3ccccc3)n2)CN1CC1CCC2CN(C(=O)OC)C(C(=O)OCC)CC2C1. The number of methoxy groups -OCH3 is 1. The molecule has 1 aromatic carbocycles. The number of esters is 2. The monoisotopic (exact) mass is 568 g/mol. The molecule has 5 rings (SSSR count). The van der Waals surface area contributed by atoms with E-state index in [1.165, 1.54) is 12.0 Å². The summed E-state index contributed by atoms with van der Waals surface area (Å²) in [6.45, 7) is 6.04. The fourth-order valence-electron chi connectivity index (χ4n) is 6.84. The molecule has 1 aromatic heterocycles. The molecule has 1 aliphatic carbocycles. The van der Waals surface area contributed by atoms with Crippen LogP contribution in [-0.2, 0) is 23.8 Å². The third-order valence-corrected chi connectivity index (χ3v) is 8.77. The average Bonchev–Trinajstić information content (AvgIpc) is 3.65. The van der Waals surface area contributed by atoms with Crippen molar-refractivity contribution in [3.63, 3.8) is 0 Å². The van der Waals surface area contributed by atoms with Gasteiger partial charge in [-0.25, -0.2) is 9.59 Å². The van der Waals surface area contributed by atoms with E-state index >= 15 is 0 Å². The van der Waals surface area contributed by atoms with E-state index in [0.29, 0.717) is 50.2 Å². The Hall–Kier alpha value is -3.54. The molecule has 12 nitrogen and oxygen atoms in total. The van der Waals surface area contributed by atoms with Crippen molar-refractivity contribution < 1.29 is 28.6 Å². The number of tetrazole rings is 1. The Labute approximate surface area is 240 Å². The molecule has 3 heterocycles. The van der Waals surface area contributed by atoms with E-state index in [-0.39, 0.29) is 36.5 Å². The number of carbonyl (C=O) groups is 3. The highest BCUT2D eigenvalue weighted by molar-refractivity contribution is 5.81. The Balaban J connectivity index is 1.27. The van der Waals surface area contributed by atoms with Crippen LogP contribution in [0.4, 0.5) is 4.79 Å². The zero-order valence-electron chi connectivity index (χ0n) is 24.1. The number of fused-ring (bicyclic) bond motifs is 1. The average molecular weight is 569 g/mol. The second-order valence-electron chi connectivity index (χ2n) is 11.2. The maximum Gasteiger partial charge on any atom is 0.410 e. The van der Waals surface area contributed by atoms with Crippen LogP contribution in [0.15, 0.2) is 30.3 Å². The van der Waals surface area contributed by atoms with E-state index in [4.69, 9.17) is 14.2 Å². The van der Waals surface area contributed by atoms with E-state index in [2.05, 4.69) is 20.3 Å². The fraction of sp³-hybridized carbons (Fsp3) is 0.655. The number of carbonyl (C=O) groups excluding carboxylic acids is 3. The summed E-state index contributed by atoms with van der Waals surface area (Å²) in [4.78, 5) is 43.6. The summed E-state index contributed by atoms with van der Waals surface area (Å²) in [6, 6.07) is 8.60. The Morgan fingerprint density at radius 3 is 2.34 bits per heavy atom. The van der Waals surface area contributed by atoms with Crippen LogP contribution in [0.1, 0.15) is 52.0 Å². The molecular weight excluding hydrogens is 528 g/mol.